The summed E-state index contributed by atoms with van der Waals surface area (Å²) in [6.07, 6.45) is 4.06. The smallest absolute Gasteiger partial charge is 0.277 e. The fraction of sp³-hybridized carbons (Fsp3) is 0.650. The number of nitro benzene ring substituents is 1. The molecule has 0 bridgehead atoms. The standard InChI is InChI=1S/C20H26N2O6/c1-19(2)12-21(13-20(28-19)5-3-4-6-20)18(23)10-14-9-16-17(27-8-7-26-16)11-15(14)22(24)25/h9,11H,3-8,10,12-13H2,1-2H3. The highest BCUT2D eigenvalue weighted by molar-refractivity contribution is 5.81. The van der Waals surface area contributed by atoms with Gasteiger partial charge in [-0.05, 0) is 32.8 Å². The molecule has 1 amide bonds. The average Bonchev–Trinajstić information content (AvgIpc) is 3.06. The number of hydrogen-bond donors (Lipinski definition) is 0. The second-order valence-electron chi connectivity index (χ2n) is 8.56. The van der Waals surface area contributed by atoms with Crippen molar-refractivity contribution in [2.45, 2.75) is 57.2 Å². The van der Waals surface area contributed by atoms with Gasteiger partial charge in [0.15, 0.2) is 11.5 Å². The Hall–Kier alpha value is -2.35. The zero-order valence-electron chi connectivity index (χ0n) is 16.4. The molecule has 2 aliphatic heterocycles. The van der Waals surface area contributed by atoms with Crippen LogP contribution in [-0.2, 0) is 16.0 Å². The number of rotatable bonds is 3. The van der Waals surface area contributed by atoms with Gasteiger partial charge in [-0.15, -0.1) is 0 Å². The van der Waals surface area contributed by atoms with E-state index in [1.165, 1.54) is 6.07 Å². The maximum absolute atomic E-state index is 13.1. The Kier molecular flexibility index (Phi) is 4.69. The molecule has 1 aromatic carbocycles. The van der Waals surface area contributed by atoms with E-state index in [0.29, 0.717) is 43.4 Å². The third kappa shape index (κ3) is 3.65. The van der Waals surface area contributed by atoms with Crippen molar-refractivity contribution in [3.8, 4) is 11.5 Å². The van der Waals surface area contributed by atoms with E-state index in [2.05, 4.69) is 0 Å². The van der Waals surface area contributed by atoms with Gasteiger partial charge in [0, 0.05) is 18.7 Å². The van der Waals surface area contributed by atoms with Crippen molar-refractivity contribution in [2.75, 3.05) is 26.3 Å². The molecule has 1 saturated carbocycles. The van der Waals surface area contributed by atoms with E-state index in [1.54, 1.807) is 6.07 Å². The van der Waals surface area contributed by atoms with E-state index in [0.717, 1.165) is 25.7 Å². The number of morpholine rings is 1. The lowest BCUT2D eigenvalue weighted by Gasteiger charge is -2.48. The van der Waals surface area contributed by atoms with E-state index in [9.17, 15) is 14.9 Å². The van der Waals surface area contributed by atoms with E-state index in [4.69, 9.17) is 14.2 Å². The highest BCUT2D eigenvalue weighted by Crippen LogP contribution is 2.41. The van der Waals surface area contributed by atoms with Gasteiger partial charge < -0.3 is 19.1 Å². The van der Waals surface area contributed by atoms with Crippen molar-refractivity contribution in [1.82, 2.24) is 4.90 Å². The number of carbonyl (C=O) groups is 1. The minimum absolute atomic E-state index is 0.0425. The maximum Gasteiger partial charge on any atom is 0.277 e. The van der Waals surface area contributed by atoms with Crippen molar-refractivity contribution >= 4 is 11.6 Å². The number of nitrogens with zero attached hydrogens (tertiary/aromatic N) is 2. The van der Waals surface area contributed by atoms with E-state index in [1.807, 2.05) is 18.7 Å². The Labute approximate surface area is 163 Å². The van der Waals surface area contributed by atoms with Crippen molar-refractivity contribution in [2.24, 2.45) is 0 Å². The average molecular weight is 390 g/mol. The van der Waals surface area contributed by atoms with Crippen LogP contribution in [0.4, 0.5) is 5.69 Å². The number of amides is 1. The van der Waals surface area contributed by atoms with Gasteiger partial charge in [-0.3, -0.25) is 14.9 Å². The van der Waals surface area contributed by atoms with Crippen molar-refractivity contribution in [1.29, 1.82) is 0 Å². The molecule has 8 nitrogen and oxygen atoms in total. The second-order valence-corrected chi connectivity index (χ2v) is 8.56. The molecule has 0 N–H and O–H groups in total. The summed E-state index contributed by atoms with van der Waals surface area (Å²) in [5.41, 5.74) is -0.475. The third-order valence-electron chi connectivity index (χ3n) is 5.69. The molecule has 0 atom stereocenters. The molecule has 0 unspecified atom stereocenters. The lowest BCUT2D eigenvalue weighted by molar-refractivity contribution is -0.385. The Balaban J connectivity index is 1.58. The van der Waals surface area contributed by atoms with Crippen LogP contribution in [0.3, 0.4) is 0 Å². The van der Waals surface area contributed by atoms with Gasteiger partial charge in [0.1, 0.15) is 13.2 Å². The highest BCUT2D eigenvalue weighted by atomic mass is 16.6. The number of fused-ring (bicyclic) bond motifs is 1. The molecule has 0 radical (unpaired) electrons. The monoisotopic (exact) mass is 390 g/mol. The Bertz CT molecular complexity index is 800. The van der Waals surface area contributed by atoms with Gasteiger partial charge in [0.2, 0.25) is 5.91 Å². The number of carbonyl (C=O) groups excluding carboxylic acids is 1. The van der Waals surface area contributed by atoms with Crippen LogP contribution in [0.15, 0.2) is 12.1 Å². The molecule has 4 rings (SSSR count). The lowest BCUT2D eigenvalue weighted by Crippen LogP contribution is -2.60. The highest BCUT2D eigenvalue weighted by Gasteiger charge is 2.47. The van der Waals surface area contributed by atoms with E-state index in [-0.39, 0.29) is 23.6 Å². The predicted octanol–water partition coefficient (Wildman–Crippen LogP) is 2.86. The lowest BCUT2D eigenvalue weighted by atomic mass is 9.93. The van der Waals surface area contributed by atoms with E-state index >= 15 is 0 Å². The van der Waals surface area contributed by atoms with Crippen molar-refractivity contribution < 1.29 is 23.9 Å². The van der Waals surface area contributed by atoms with Crippen molar-refractivity contribution in [3.05, 3.63) is 27.8 Å². The SMILES string of the molecule is CC1(C)CN(C(=O)Cc2cc3c(cc2[N+](=O)[O-])OCCO3)CC2(CCCC2)O1. The van der Waals surface area contributed by atoms with Gasteiger partial charge >= 0.3 is 0 Å². The molecule has 152 valence electrons. The minimum atomic E-state index is -0.470. The Morgan fingerprint density at radius 3 is 2.43 bits per heavy atom. The summed E-state index contributed by atoms with van der Waals surface area (Å²) < 4.78 is 17.3. The van der Waals surface area contributed by atoms with Crippen LogP contribution in [0.2, 0.25) is 0 Å². The number of hydrogen-bond acceptors (Lipinski definition) is 6. The van der Waals surface area contributed by atoms with Crippen LogP contribution < -0.4 is 9.47 Å². The molecule has 2 heterocycles. The first-order valence-corrected chi connectivity index (χ1v) is 9.82. The number of ether oxygens (including phenoxy) is 3. The molecule has 1 aromatic rings. The van der Waals surface area contributed by atoms with Gasteiger partial charge in [0.25, 0.3) is 5.69 Å². The van der Waals surface area contributed by atoms with Crippen LogP contribution in [-0.4, -0.2) is 53.2 Å². The van der Waals surface area contributed by atoms with E-state index < -0.39 is 10.5 Å². The molecule has 28 heavy (non-hydrogen) atoms. The fourth-order valence-corrected chi connectivity index (χ4v) is 4.68. The summed E-state index contributed by atoms with van der Waals surface area (Å²) in [6.45, 7) is 5.77. The summed E-state index contributed by atoms with van der Waals surface area (Å²) in [7, 11) is 0. The molecule has 8 heteroatoms. The quantitative estimate of drug-likeness (QED) is 0.582. The van der Waals surface area contributed by atoms with Gasteiger partial charge in [-0.1, -0.05) is 12.8 Å². The summed E-state index contributed by atoms with van der Waals surface area (Å²) in [5.74, 6) is 0.684. The predicted molar refractivity (Wildman–Crippen MR) is 101 cm³/mol. The molecular weight excluding hydrogens is 364 g/mol. The van der Waals surface area contributed by atoms with Gasteiger partial charge in [0.05, 0.1) is 28.6 Å². The van der Waals surface area contributed by atoms with Crippen LogP contribution in [0, 0.1) is 10.1 Å². The zero-order chi connectivity index (χ0) is 19.9. The van der Waals surface area contributed by atoms with Gasteiger partial charge in [-0.25, -0.2) is 0 Å². The first kappa shape index (κ1) is 19.0. The second kappa shape index (κ2) is 6.92. The molecule has 3 aliphatic rings. The van der Waals surface area contributed by atoms with Crippen LogP contribution >= 0.6 is 0 Å². The molecule has 2 fully saturated rings. The number of benzene rings is 1. The molecule has 1 aliphatic carbocycles. The molecule has 1 spiro atoms. The first-order valence-electron chi connectivity index (χ1n) is 9.82. The maximum atomic E-state index is 13.1. The topological polar surface area (TPSA) is 91.1 Å². The summed E-state index contributed by atoms with van der Waals surface area (Å²) in [6, 6.07) is 2.93. The minimum Gasteiger partial charge on any atom is -0.486 e. The van der Waals surface area contributed by atoms with Crippen LogP contribution in [0.25, 0.3) is 0 Å². The molecular formula is C20H26N2O6. The van der Waals surface area contributed by atoms with Crippen LogP contribution in [0.5, 0.6) is 11.5 Å². The third-order valence-corrected chi connectivity index (χ3v) is 5.69. The zero-order valence-corrected chi connectivity index (χ0v) is 16.4. The summed E-state index contributed by atoms with van der Waals surface area (Å²) >= 11 is 0. The van der Waals surface area contributed by atoms with Crippen LogP contribution in [0.1, 0.15) is 45.1 Å². The van der Waals surface area contributed by atoms with Crippen molar-refractivity contribution in [3.63, 3.8) is 0 Å². The fourth-order valence-electron chi connectivity index (χ4n) is 4.68. The largest absolute Gasteiger partial charge is 0.486 e. The number of nitro groups is 1. The summed E-state index contributed by atoms with van der Waals surface area (Å²) in [5, 5.41) is 11.5. The Morgan fingerprint density at radius 1 is 1.14 bits per heavy atom. The summed E-state index contributed by atoms with van der Waals surface area (Å²) in [4.78, 5) is 26.0. The first-order chi connectivity index (χ1) is 13.3. The van der Waals surface area contributed by atoms with Gasteiger partial charge in [-0.2, -0.15) is 0 Å². The molecule has 1 saturated heterocycles. The normalized spacial score (nSPS) is 22.3. The Morgan fingerprint density at radius 2 is 1.79 bits per heavy atom. The molecule has 0 aromatic heterocycles.